The smallest absolute Gasteiger partial charge is 0.204 e. The first-order valence-electron chi connectivity index (χ1n) is 13.2. The van der Waals surface area contributed by atoms with Crippen molar-refractivity contribution in [1.29, 1.82) is 5.26 Å². The Morgan fingerprint density at radius 3 is 2.56 bits per heavy atom. The maximum Gasteiger partial charge on any atom is 0.204 e. The van der Waals surface area contributed by atoms with Gasteiger partial charge in [-0.05, 0) is 37.6 Å². The van der Waals surface area contributed by atoms with E-state index in [0.717, 1.165) is 72.1 Å². The van der Waals surface area contributed by atoms with Gasteiger partial charge in [-0.3, -0.25) is 14.7 Å². The molecule has 39 heavy (non-hydrogen) atoms. The van der Waals surface area contributed by atoms with Crippen molar-refractivity contribution in [2.75, 3.05) is 44.8 Å². The standard InChI is InChI=1S/C27H29ClN4O2.C2H6.CH3NO/c1-3-24-23(18-29)27(30-21-9-5-8-20(28)16-21)22-15-19(26(34-4-2)17-25(22)31-24)7-6-10-32-11-13-33-14-12-32;1-2;2-1-3/h5-9,15-17H,3-4,10-14H2,1-2H3,(H,30,31);1-2H3;1H,(H2,2,3)/b7-6+;;. The first-order valence-corrected chi connectivity index (χ1v) is 13.6. The van der Waals surface area contributed by atoms with Crippen LogP contribution in [0.3, 0.4) is 0 Å². The summed E-state index contributed by atoms with van der Waals surface area (Å²) in [4.78, 5) is 15.7. The van der Waals surface area contributed by atoms with E-state index in [9.17, 15) is 5.26 Å². The zero-order valence-electron chi connectivity index (χ0n) is 23.2. The number of nitriles is 1. The van der Waals surface area contributed by atoms with Crippen molar-refractivity contribution >= 4 is 46.4 Å². The average Bonchev–Trinajstić information content (AvgIpc) is 2.95. The van der Waals surface area contributed by atoms with Gasteiger partial charge in [0.25, 0.3) is 0 Å². The fourth-order valence-corrected chi connectivity index (χ4v) is 4.29. The second-order valence-corrected chi connectivity index (χ2v) is 8.64. The van der Waals surface area contributed by atoms with Crippen molar-refractivity contribution in [3.05, 3.63) is 64.3 Å². The Balaban J connectivity index is 0.000000998. The number of morpholine rings is 1. The quantitative estimate of drug-likeness (QED) is 0.333. The largest absolute Gasteiger partial charge is 0.493 e. The number of amides is 1. The van der Waals surface area contributed by atoms with Crippen LogP contribution in [0.5, 0.6) is 5.75 Å². The maximum absolute atomic E-state index is 10.0. The molecule has 1 aliphatic rings. The van der Waals surface area contributed by atoms with Gasteiger partial charge in [0.05, 0.1) is 42.3 Å². The molecule has 3 aromatic rings. The van der Waals surface area contributed by atoms with Crippen LogP contribution in [0.2, 0.25) is 5.02 Å². The van der Waals surface area contributed by atoms with Crippen LogP contribution < -0.4 is 15.8 Å². The van der Waals surface area contributed by atoms with E-state index in [1.54, 1.807) is 0 Å². The molecule has 1 saturated heterocycles. The van der Waals surface area contributed by atoms with Gasteiger partial charge in [-0.25, -0.2) is 0 Å². The van der Waals surface area contributed by atoms with Gasteiger partial charge in [-0.2, -0.15) is 5.26 Å². The molecule has 0 spiro atoms. The molecule has 4 rings (SSSR count). The number of nitrogens with zero attached hydrogens (tertiary/aromatic N) is 3. The van der Waals surface area contributed by atoms with Crippen LogP contribution in [0.25, 0.3) is 17.0 Å². The SMILES string of the molecule is CC.CCOc1cc2nc(CC)c(C#N)c(Nc3cccc(Cl)c3)c2cc1/C=C/CN1CCOCC1.NC=O. The van der Waals surface area contributed by atoms with Crippen LogP contribution in [0, 0.1) is 11.3 Å². The summed E-state index contributed by atoms with van der Waals surface area (Å²) in [6, 6.07) is 13.9. The average molecular weight is 552 g/mol. The van der Waals surface area contributed by atoms with E-state index in [1.807, 2.05) is 58.0 Å². The molecule has 0 atom stereocenters. The van der Waals surface area contributed by atoms with Gasteiger partial charge < -0.3 is 20.5 Å². The minimum absolute atomic E-state index is 0.250. The molecule has 8 nitrogen and oxygen atoms in total. The number of rotatable bonds is 8. The van der Waals surface area contributed by atoms with Gasteiger partial charge in [0.2, 0.25) is 6.41 Å². The summed E-state index contributed by atoms with van der Waals surface area (Å²) >= 11 is 6.21. The predicted molar refractivity (Wildman–Crippen MR) is 160 cm³/mol. The van der Waals surface area contributed by atoms with Gasteiger partial charge in [0, 0.05) is 47.4 Å². The number of nitrogens with one attached hydrogen (secondary N) is 1. The first kappa shape index (κ1) is 31.6. The molecule has 0 unspecified atom stereocenters. The third kappa shape index (κ3) is 8.96. The summed E-state index contributed by atoms with van der Waals surface area (Å²) in [5, 5.41) is 14.9. The molecule has 1 aliphatic heterocycles. The molecular weight excluding hydrogens is 514 g/mol. The van der Waals surface area contributed by atoms with E-state index in [2.05, 4.69) is 40.2 Å². The number of hydrogen-bond acceptors (Lipinski definition) is 7. The Hall–Kier alpha value is -3.64. The summed E-state index contributed by atoms with van der Waals surface area (Å²) in [5.74, 6) is 0.779. The third-order valence-corrected chi connectivity index (χ3v) is 6.03. The minimum atomic E-state index is 0.250. The van der Waals surface area contributed by atoms with Crippen molar-refractivity contribution < 1.29 is 14.3 Å². The highest BCUT2D eigenvalue weighted by Gasteiger charge is 2.17. The molecule has 0 radical (unpaired) electrons. The number of carbonyl (C=O) groups is 1. The molecule has 1 amide bonds. The zero-order valence-corrected chi connectivity index (χ0v) is 23.9. The summed E-state index contributed by atoms with van der Waals surface area (Å²) in [6.45, 7) is 12.8. The Labute approximate surface area is 236 Å². The van der Waals surface area contributed by atoms with E-state index in [0.29, 0.717) is 23.6 Å². The fraction of sp³-hybridized carbons (Fsp3) is 0.367. The Morgan fingerprint density at radius 1 is 1.23 bits per heavy atom. The molecule has 0 aliphatic carbocycles. The number of halogens is 1. The van der Waals surface area contributed by atoms with Gasteiger partial charge in [-0.1, -0.05) is 50.6 Å². The number of benzene rings is 2. The number of hydrogen-bond donors (Lipinski definition) is 2. The highest BCUT2D eigenvalue weighted by atomic mass is 35.5. The number of primary amides is 1. The number of aromatic nitrogens is 1. The molecule has 2 aromatic carbocycles. The molecule has 3 N–H and O–H groups in total. The highest BCUT2D eigenvalue weighted by molar-refractivity contribution is 6.30. The van der Waals surface area contributed by atoms with Gasteiger partial charge in [0.15, 0.2) is 0 Å². The normalized spacial score (nSPS) is 13.0. The van der Waals surface area contributed by atoms with Crippen LogP contribution in [-0.4, -0.2) is 55.7 Å². The number of pyridine rings is 1. The van der Waals surface area contributed by atoms with Crippen molar-refractivity contribution in [1.82, 2.24) is 9.88 Å². The number of anilines is 2. The van der Waals surface area contributed by atoms with E-state index < -0.39 is 0 Å². The van der Waals surface area contributed by atoms with Gasteiger partial charge in [0.1, 0.15) is 11.8 Å². The molecule has 2 heterocycles. The summed E-state index contributed by atoms with van der Waals surface area (Å²) in [5.41, 5.74) is 8.75. The summed E-state index contributed by atoms with van der Waals surface area (Å²) < 4.78 is 11.4. The van der Waals surface area contributed by atoms with E-state index in [4.69, 9.17) is 30.9 Å². The minimum Gasteiger partial charge on any atom is -0.493 e. The van der Waals surface area contributed by atoms with Crippen LogP contribution in [0.1, 0.15) is 44.5 Å². The first-order chi connectivity index (χ1) is 19.0. The lowest BCUT2D eigenvalue weighted by Crippen LogP contribution is -2.36. The van der Waals surface area contributed by atoms with E-state index in [1.165, 1.54) is 0 Å². The molecule has 1 aromatic heterocycles. The topological polar surface area (TPSA) is 114 Å². The van der Waals surface area contributed by atoms with Crippen molar-refractivity contribution in [3.8, 4) is 11.8 Å². The molecule has 208 valence electrons. The molecule has 1 fully saturated rings. The number of ether oxygens (including phenoxy) is 2. The fourth-order valence-electron chi connectivity index (χ4n) is 4.10. The highest BCUT2D eigenvalue weighted by Crippen LogP contribution is 2.36. The number of aryl methyl sites for hydroxylation is 1. The van der Waals surface area contributed by atoms with Gasteiger partial charge in [-0.15, -0.1) is 0 Å². The Kier molecular flexibility index (Phi) is 13.8. The summed E-state index contributed by atoms with van der Waals surface area (Å²) in [6.07, 6.45) is 5.13. The monoisotopic (exact) mass is 551 g/mol. The zero-order chi connectivity index (χ0) is 28.6. The van der Waals surface area contributed by atoms with E-state index >= 15 is 0 Å². The van der Waals surface area contributed by atoms with E-state index in [-0.39, 0.29) is 6.41 Å². The second kappa shape index (κ2) is 17.0. The lowest BCUT2D eigenvalue weighted by molar-refractivity contribution is -0.106. The Bertz CT molecular complexity index is 1280. The third-order valence-electron chi connectivity index (χ3n) is 5.80. The molecule has 0 saturated carbocycles. The van der Waals surface area contributed by atoms with Crippen LogP contribution in [0.15, 0.2) is 42.5 Å². The second-order valence-electron chi connectivity index (χ2n) is 8.20. The van der Waals surface area contributed by atoms with Crippen LogP contribution >= 0.6 is 11.6 Å². The van der Waals surface area contributed by atoms with Crippen molar-refractivity contribution in [2.45, 2.75) is 34.1 Å². The summed E-state index contributed by atoms with van der Waals surface area (Å²) in [7, 11) is 0. The molecular formula is C30H38ClN5O3. The molecule has 0 bridgehead atoms. The molecule has 9 heteroatoms. The van der Waals surface area contributed by atoms with Gasteiger partial charge >= 0.3 is 0 Å². The maximum atomic E-state index is 10.0. The predicted octanol–water partition coefficient (Wildman–Crippen LogP) is 5.94. The number of nitrogens with two attached hydrogens (primary N) is 1. The number of fused-ring (bicyclic) bond motifs is 1. The number of carbonyl (C=O) groups excluding carboxylic acids is 1. The van der Waals surface area contributed by atoms with Crippen molar-refractivity contribution in [3.63, 3.8) is 0 Å². The van der Waals surface area contributed by atoms with Crippen molar-refractivity contribution in [2.24, 2.45) is 5.73 Å². The lowest BCUT2D eigenvalue weighted by Gasteiger charge is -2.25. The van der Waals surface area contributed by atoms with Crippen LogP contribution in [0.4, 0.5) is 11.4 Å². The Morgan fingerprint density at radius 2 is 1.95 bits per heavy atom. The van der Waals surface area contributed by atoms with Crippen LogP contribution in [-0.2, 0) is 16.0 Å². The lowest BCUT2D eigenvalue weighted by atomic mass is 10.0.